The van der Waals surface area contributed by atoms with Crippen LogP contribution in [0.5, 0.6) is 0 Å². The van der Waals surface area contributed by atoms with Crippen LogP contribution in [0.3, 0.4) is 0 Å². The predicted molar refractivity (Wildman–Crippen MR) is 93.2 cm³/mol. The summed E-state index contributed by atoms with van der Waals surface area (Å²) in [5, 5.41) is 0. The highest BCUT2D eigenvalue weighted by Crippen LogP contribution is 2.16. The first-order valence-corrected chi connectivity index (χ1v) is 8.09. The van der Waals surface area contributed by atoms with Crippen LogP contribution >= 0.6 is 15.9 Å². The van der Waals surface area contributed by atoms with E-state index in [1.807, 2.05) is 0 Å². The molecule has 0 aliphatic heterocycles. The lowest BCUT2D eigenvalue weighted by Gasteiger charge is -2.20. The van der Waals surface area contributed by atoms with E-state index in [1.54, 1.807) is 0 Å². The molecule has 0 radical (unpaired) electrons. The number of halogens is 1. The van der Waals surface area contributed by atoms with Crippen LogP contribution in [0.4, 0.5) is 0 Å². The van der Waals surface area contributed by atoms with Gasteiger partial charge in [-0.3, -0.25) is 0 Å². The average Bonchev–Trinajstić information content (AvgIpc) is 2.45. The molecule has 1 unspecified atom stereocenters. The average molecular weight is 347 g/mol. The zero-order valence-corrected chi connectivity index (χ0v) is 14.3. The largest absolute Gasteiger partial charge is 0.324 e. The maximum absolute atomic E-state index is 6.28. The fraction of sp³-hybridized carbons (Fsp3) is 0.333. The molecule has 0 fully saturated rings. The molecule has 2 aromatic rings. The molecule has 0 aromatic heterocycles. The first-order valence-electron chi connectivity index (χ1n) is 7.30. The Morgan fingerprint density at radius 2 is 1.86 bits per heavy atom. The SMILES string of the molecule is Cc1ccc(C(N)CCN(C)Cc2cccc(Br)c2)cc1. The van der Waals surface area contributed by atoms with Crippen molar-refractivity contribution in [3.8, 4) is 0 Å². The zero-order chi connectivity index (χ0) is 15.2. The molecule has 1 atom stereocenters. The van der Waals surface area contributed by atoms with Gasteiger partial charge in [0.2, 0.25) is 0 Å². The number of hydrogen-bond donors (Lipinski definition) is 1. The minimum absolute atomic E-state index is 0.107. The lowest BCUT2D eigenvalue weighted by atomic mass is 10.0. The second kappa shape index (κ2) is 7.74. The van der Waals surface area contributed by atoms with E-state index in [0.717, 1.165) is 24.0 Å². The van der Waals surface area contributed by atoms with Crippen LogP contribution in [-0.2, 0) is 6.54 Å². The van der Waals surface area contributed by atoms with Crippen LogP contribution in [0.25, 0.3) is 0 Å². The molecule has 2 rings (SSSR count). The molecule has 2 N–H and O–H groups in total. The lowest BCUT2D eigenvalue weighted by Crippen LogP contribution is -2.23. The fourth-order valence-corrected chi connectivity index (χ4v) is 2.81. The second-order valence-electron chi connectivity index (χ2n) is 5.67. The third-order valence-electron chi connectivity index (χ3n) is 3.67. The van der Waals surface area contributed by atoms with Gasteiger partial charge >= 0.3 is 0 Å². The van der Waals surface area contributed by atoms with Crippen molar-refractivity contribution in [3.63, 3.8) is 0 Å². The van der Waals surface area contributed by atoms with Gasteiger partial charge in [-0.25, -0.2) is 0 Å². The van der Waals surface area contributed by atoms with Gasteiger partial charge in [-0.1, -0.05) is 57.9 Å². The molecule has 0 saturated carbocycles. The van der Waals surface area contributed by atoms with E-state index >= 15 is 0 Å². The Morgan fingerprint density at radius 3 is 2.52 bits per heavy atom. The molecule has 2 aromatic carbocycles. The third-order valence-corrected chi connectivity index (χ3v) is 4.16. The first-order chi connectivity index (χ1) is 10.0. The Bertz CT molecular complexity index is 566. The number of benzene rings is 2. The Morgan fingerprint density at radius 1 is 1.14 bits per heavy atom. The maximum Gasteiger partial charge on any atom is 0.0307 e. The number of nitrogens with zero attached hydrogens (tertiary/aromatic N) is 1. The van der Waals surface area contributed by atoms with Crippen molar-refractivity contribution in [2.75, 3.05) is 13.6 Å². The molecule has 0 saturated heterocycles. The minimum Gasteiger partial charge on any atom is -0.324 e. The monoisotopic (exact) mass is 346 g/mol. The number of rotatable bonds is 6. The van der Waals surface area contributed by atoms with Gasteiger partial charge in [0, 0.05) is 17.1 Å². The molecule has 2 nitrogen and oxygen atoms in total. The summed E-state index contributed by atoms with van der Waals surface area (Å²) in [6, 6.07) is 17.1. The van der Waals surface area contributed by atoms with Gasteiger partial charge in [-0.05, 0) is 50.2 Å². The zero-order valence-electron chi connectivity index (χ0n) is 12.7. The van der Waals surface area contributed by atoms with Gasteiger partial charge in [-0.2, -0.15) is 0 Å². The molecule has 0 amide bonds. The van der Waals surface area contributed by atoms with Gasteiger partial charge in [0.15, 0.2) is 0 Å². The fourth-order valence-electron chi connectivity index (χ4n) is 2.37. The highest BCUT2D eigenvalue weighted by Gasteiger charge is 2.08. The predicted octanol–water partition coefficient (Wildman–Crippen LogP) is 4.28. The molecule has 0 bridgehead atoms. The summed E-state index contributed by atoms with van der Waals surface area (Å²) in [6.07, 6.45) is 0.966. The smallest absolute Gasteiger partial charge is 0.0307 e. The standard InChI is InChI=1S/C18H23BrN2/c1-14-6-8-16(9-7-14)18(20)10-11-21(2)13-15-4-3-5-17(19)12-15/h3-9,12,18H,10-11,13,20H2,1-2H3. The molecule has 21 heavy (non-hydrogen) atoms. The molecular formula is C18H23BrN2. The van der Waals surface area contributed by atoms with Crippen molar-refractivity contribution in [2.24, 2.45) is 5.73 Å². The lowest BCUT2D eigenvalue weighted by molar-refractivity contribution is 0.311. The summed E-state index contributed by atoms with van der Waals surface area (Å²) in [5.41, 5.74) is 10.1. The van der Waals surface area contributed by atoms with Crippen molar-refractivity contribution in [3.05, 3.63) is 69.7 Å². The summed E-state index contributed by atoms with van der Waals surface area (Å²) in [7, 11) is 2.14. The summed E-state index contributed by atoms with van der Waals surface area (Å²) in [5.74, 6) is 0. The van der Waals surface area contributed by atoms with Gasteiger partial charge in [0.1, 0.15) is 0 Å². The third kappa shape index (κ3) is 5.27. The van der Waals surface area contributed by atoms with Crippen molar-refractivity contribution < 1.29 is 0 Å². The van der Waals surface area contributed by atoms with E-state index in [-0.39, 0.29) is 6.04 Å². The highest BCUT2D eigenvalue weighted by molar-refractivity contribution is 9.10. The Labute approximate surface area is 136 Å². The topological polar surface area (TPSA) is 29.3 Å². The molecule has 3 heteroatoms. The quantitative estimate of drug-likeness (QED) is 0.845. The van der Waals surface area contributed by atoms with Crippen molar-refractivity contribution in [2.45, 2.75) is 25.9 Å². The van der Waals surface area contributed by atoms with E-state index in [9.17, 15) is 0 Å². The first kappa shape index (κ1) is 16.2. The number of aryl methyl sites for hydroxylation is 1. The van der Waals surface area contributed by atoms with E-state index in [2.05, 4.69) is 83.3 Å². The molecule has 0 aliphatic rings. The molecule has 112 valence electrons. The number of hydrogen-bond acceptors (Lipinski definition) is 2. The van der Waals surface area contributed by atoms with Crippen LogP contribution in [0, 0.1) is 6.92 Å². The Kier molecular flexibility index (Phi) is 5.97. The second-order valence-corrected chi connectivity index (χ2v) is 6.59. The van der Waals surface area contributed by atoms with Crippen molar-refractivity contribution in [1.82, 2.24) is 4.90 Å². The van der Waals surface area contributed by atoms with Crippen LogP contribution in [0.2, 0.25) is 0 Å². The summed E-state index contributed by atoms with van der Waals surface area (Å²) >= 11 is 3.51. The summed E-state index contributed by atoms with van der Waals surface area (Å²) in [4.78, 5) is 2.32. The van der Waals surface area contributed by atoms with E-state index in [0.29, 0.717) is 0 Å². The number of nitrogens with two attached hydrogens (primary N) is 1. The summed E-state index contributed by atoms with van der Waals surface area (Å²) in [6.45, 7) is 4.03. The summed E-state index contributed by atoms with van der Waals surface area (Å²) < 4.78 is 1.13. The van der Waals surface area contributed by atoms with E-state index < -0.39 is 0 Å². The van der Waals surface area contributed by atoms with Crippen LogP contribution in [-0.4, -0.2) is 18.5 Å². The maximum atomic E-state index is 6.28. The molecule has 0 spiro atoms. The van der Waals surface area contributed by atoms with Crippen molar-refractivity contribution in [1.29, 1.82) is 0 Å². The highest BCUT2D eigenvalue weighted by atomic mass is 79.9. The van der Waals surface area contributed by atoms with Crippen LogP contribution in [0.1, 0.15) is 29.2 Å². The normalized spacial score (nSPS) is 12.6. The van der Waals surface area contributed by atoms with E-state index in [4.69, 9.17) is 5.73 Å². The Balaban J connectivity index is 1.83. The van der Waals surface area contributed by atoms with Crippen LogP contribution < -0.4 is 5.73 Å². The Hall–Kier alpha value is -1.16. The molecule has 0 heterocycles. The molecule has 0 aliphatic carbocycles. The van der Waals surface area contributed by atoms with Gasteiger partial charge in [0.25, 0.3) is 0 Å². The van der Waals surface area contributed by atoms with Crippen molar-refractivity contribution >= 4 is 15.9 Å². The van der Waals surface area contributed by atoms with Gasteiger partial charge < -0.3 is 10.6 Å². The minimum atomic E-state index is 0.107. The van der Waals surface area contributed by atoms with E-state index in [1.165, 1.54) is 16.7 Å². The van der Waals surface area contributed by atoms with Crippen LogP contribution in [0.15, 0.2) is 53.0 Å². The van der Waals surface area contributed by atoms with Gasteiger partial charge in [-0.15, -0.1) is 0 Å². The molecular weight excluding hydrogens is 324 g/mol. The van der Waals surface area contributed by atoms with Gasteiger partial charge in [0.05, 0.1) is 0 Å².